The van der Waals surface area contributed by atoms with Crippen LogP contribution in [0.25, 0.3) is 6.08 Å². The summed E-state index contributed by atoms with van der Waals surface area (Å²) in [6, 6.07) is 9.32. The Morgan fingerprint density at radius 2 is 1.96 bits per heavy atom. The fraction of sp³-hybridized carbons (Fsp3) is 0.526. The molecule has 0 N–H and O–H groups in total. The Bertz CT molecular complexity index is 812. The fourth-order valence-corrected chi connectivity index (χ4v) is 7.89. The van der Waals surface area contributed by atoms with Gasteiger partial charge in [-0.15, -0.1) is 0 Å². The van der Waals surface area contributed by atoms with E-state index in [2.05, 4.69) is 13.8 Å². The summed E-state index contributed by atoms with van der Waals surface area (Å²) in [6.07, 6.45) is 5.92. The van der Waals surface area contributed by atoms with Crippen molar-refractivity contribution in [2.24, 2.45) is 16.7 Å². The van der Waals surface area contributed by atoms with Crippen molar-refractivity contribution in [1.29, 1.82) is 0 Å². The number of hydrogen-bond donors (Lipinski definition) is 0. The average molecular weight is 345 g/mol. The first-order chi connectivity index (χ1) is 11.3. The third kappa shape index (κ3) is 1.97. The molecule has 24 heavy (non-hydrogen) atoms. The van der Waals surface area contributed by atoms with Crippen LogP contribution in [0.3, 0.4) is 0 Å². The Morgan fingerprint density at radius 1 is 1.25 bits per heavy atom. The Kier molecular flexibility index (Phi) is 3.27. The van der Waals surface area contributed by atoms with E-state index >= 15 is 0 Å². The van der Waals surface area contributed by atoms with Gasteiger partial charge < -0.3 is 0 Å². The highest BCUT2D eigenvalue weighted by atomic mass is 32.2. The van der Waals surface area contributed by atoms with Gasteiger partial charge in [-0.05, 0) is 42.2 Å². The van der Waals surface area contributed by atoms with Crippen LogP contribution >= 0.6 is 0 Å². The Hall–Kier alpha value is -1.62. The molecule has 3 aliphatic rings. The molecular formula is C19H23NO3S. The first-order valence-electron chi connectivity index (χ1n) is 8.57. The number of benzene rings is 1. The minimum absolute atomic E-state index is 0.0110. The van der Waals surface area contributed by atoms with E-state index in [-0.39, 0.29) is 22.6 Å². The van der Waals surface area contributed by atoms with E-state index in [0.717, 1.165) is 24.8 Å². The Balaban J connectivity index is 1.66. The fourth-order valence-electron chi connectivity index (χ4n) is 5.38. The van der Waals surface area contributed by atoms with E-state index in [0.29, 0.717) is 5.92 Å². The second-order valence-corrected chi connectivity index (χ2v) is 9.85. The normalized spacial score (nSPS) is 35.5. The van der Waals surface area contributed by atoms with Gasteiger partial charge >= 0.3 is 0 Å². The maximum Gasteiger partial charge on any atom is 0.260 e. The molecule has 1 heterocycles. The van der Waals surface area contributed by atoms with E-state index in [1.165, 1.54) is 10.4 Å². The first kappa shape index (κ1) is 15.9. The van der Waals surface area contributed by atoms with Gasteiger partial charge in [0.2, 0.25) is 10.0 Å². The van der Waals surface area contributed by atoms with Crippen LogP contribution in [0.2, 0.25) is 0 Å². The maximum absolute atomic E-state index is 12.8. The van der Waals surface area contributed by atoms with Crippen LogP contribution in [0.5, 0.6) is 0 Å². The smallest absolute Gasteiger partial charge is 0.260 e. The van der Waals surface area contributed by atoms with Crippen molar-refractivity contribution in [2.45, 2.75) is 39.2 Å². The molecule has 1 amide bonds. The predicted octanol–water partition coefficient (Wildman–Crippen LogP) is 3.07. The van der Waals surface area contributed by atoms with Crippen molar-refractivity contribution in [3.05, 3.63) is 42.0 Å². The molecule has 5 heteroatoms. The summed E-state index contributed by atoms with van der Waals surface area (Å²) in [5, 5.41) is 0. The minimum atomic E-state index is -3.53. The van der Waals surface area contributed by atoms with Crippen molar-refractivity contribution in [3.8, 4) is 0 Å². The molecule has 1 aromatic carbocycles. The van der Waals surface area contributed by atoms with Crippen LogP contribution < -0.4 is 0 Å². The molecule has 2 unspecified atom stereocenters. The standard InChI is InChI=1S/C19H23NO3S/c1-18(2)15-10-11-19(18)13-24(22,23)20(16(19)12-15)17(21)9-8-14-6-4-3-5-7-14/h3-9,15-16H,10-13H2,1-2H3/b9-8-/t15-,16?,19?/m1/s1. The third-order valence-corrected chi connectivity index (χ3v) is 8.76. The lowest BCUT2D eigenvalue weighted by atomic mass is 9.69. The number of hydrogen-bond acceptors (Lipinski definition) is 3. The van der Waals surface area contributed by atoms with Crippen molar-refractivity contribution in [3.63, 3.8) is 0 Å². The molecule has 4 rings (SSSR count). The Morgan fingerprint density at radius 3 is 2.62 bits per heavy atom. The third-order valence-electron chi connectivity index (χ3n) is 6.85. The minimum Gasteiger partial charge on any atom is -0.269 e. The van der Waals surface area contributed by atoms with Crippen LogP contribution in [0.15, 0.2) is 36.4 Å². The molecule has 2 bridgehead atoms. The number of carbonyl (C=O) groups is 1. The molecule has 1 spiro atoms. The molecule has 0 aromatic heterocycles. The second-order valence-electron chi connectivity index (χ2n) is 8.00. The molecule has 1 aliphatic heterocycles. The molecule has 2 aliphatic carbocycles. The zero-order valence-electron chi connectivity index (χ0n) is 14.1. The largest absolute Gasteiger partial charge is 0.269 e. The molecule has 3 fully saturated rings. The number of sulfonamides is 1. The Labute approximate surface area is 143 Å². The number of rotatable bonds is 2. The summed E-state index contributed by atoms with van der Waals surface area (Å²) in [5.41, 5.74) is 0.626. The molecule has 1 saturated heterocycles. The molecule has 1 aromatic rings. The number of nitrogens with zero attached hydrogens (tertiary/aromatic N) is 1. The van der Waals surface area contributed by atoms with Gasteiger partial charge in [0.25, 0.3) is 5.91 Å². The summed E-state index contributed by atoms with van der Waals surface area (Å²) in [7, 11) is -3.53. The van der Waals surface area contributed by atoms with E-state index in [1.54, 1.807) is 6.08 Å². The van der Waals surface area contributed by atoms with Gasteiger partial charge in [-0.25, -0.2) is 12.7 Å². The van der Waals surface area contributed by atoms with Crippen LogP contribution in [-0.4, -0.2) is 30.4 Å². The highest BCUT2D eigenvalue weighted by Gasteiger charge is 2.72. The number of amides is 1. The van der Waals surface area contributed by atoms with Crippen molar-refractivity contribution < 1.29 is 13.2 Å². The molecule has 0 radical (unpaired) electrons. The topological polar surface area (TPSA) is 54.5 Å². The van der Waals surface area contributed by atoms with E-state index in [9.17, 15) is 13.2 Å². The maximum atomic E-state index is 12.8. The van der Waals surface area contributed by atoms with Crippen LogP contribution in [0.4, 0.5) is 0 Å². The molecule has 4 nitrogen and oxygen atoms in total. The quantitative estimate of drug-likeness (QED) is 0.774. The number of fused-ring (bicyclic) bond motifs is 1. The van der Waals surface area contributed by atoms with Gasteiger partial charge in [0, 0.05) is 11.5 Å². The van der Waals surface area contributed by atoms with Gasteiger partial charge in [0.1, 0.15) is 0 Å². The lowest BCUT2D eigenvalue weighted by molar-refractivity contribution is -0.123. The summed E-state index contributed by atoms with van der Waals surface area (Å²) in [6.45, 7) is 4.38. The lowest BCUT2D eigenvalue weighted by Crippen LogP contribution is -2.43. The van der Waals surface area contributed by atoms with Crippen LogP contribution in [0, 0.1) is 16.7 Å². The molecule has 3 atom stereocenters. The van der Waals surface area contributed by atoms with Gasteiger partial charge in [-0.2, -0.15) is 0 Å². The summed E-state index contributed by atoms with van der Waals surface area (Å²) in [5.74, 6) is 0.245. The van der Waals surface area contributed by atoms with E-state index in [1.807, 2.05) is 30.3 Å². The van der Waals surface area contributed by atoms with Gasteiger partial charge in [0.15, 0.2) is 0 Å². The zero-order chi connectivity index (χ0) is 17.2. The van der Waals surface area contributed by atoms with Crippen LogP contribution in [-0.2, 0) is 14.8 Å². The van der Waals surface area contributed by atoms with Crippen molar-refractivity contribution in [2.75, 3.05) is 5.75 Å². The summed E-state index contributed by atoms with van der Waals surface area (Å²) >= 11 is 0. The summed E-state index contributed by atoms with van der Waals surface area (Å²) in [4.78, 5) is 12.7. The summed E-state index contributed by atoms with van der Waals surface area (Å²) < 4.78 is 26.7. The zero-order valence-corrected chi connectivity index (χ0v) is 14.9. The van der Waals surface area contributed by atoms with E-state index < -0.39 is 15.9 Å². The lowest BCUT2D eigenvalue weighted by Gasteiger charge is -2.36. The van der Waals surface area contributed by atoms with Crippen molar-refractivity contribution in [1.82, 2.24) is 4.31 Å². The molecule has 2 saturated carbocycles. The predicted molar refractivity (Wildman–Crippen MR) is 93.5 cm³/mol. The van der Waals surface area contributed by atoms with Gasteiger partial charge in [-0.1, -0.05) is 44.2 Å². The SMILES string of the molecule is CC1(C)[C@@H]2CCC13CS(=O)(=O)N(C(=O)/C=C\c1ccccc1)C3C2. The van der Waals surface area contributed by atoms with Crippen molar-refractivity contribution >= 4 is 22.0 Å². The molecular weight excluding hydrogens is 322 g/mol. The average Bonchev–Trinajstić information content (AvgIpc) is 3.01. The highest BCUT2D eigenvalue weighted by molar-refractivity contribution is 7.90. The molecule has 128 valence electrons. The highest BCUT2D eigenvalue weighted by Crippen LogP contribution is 2.69. The van der Waals surface area contributed by atoms with E-state index in [4.69, 9.17) is 0 Å². The van der Waals surface area contributed by atoms with Gasteiger partial charge in [0.05, 0.1) is 11.8 Å². The van der Waals surface area contributed by atoms with Gasteiger partial charge in [-0.3, -0.25) is 4.79 Å². The second kappa shape index (κ2) is 4.94. The first-order valence-corrected chi connectivity index (χ1v) is 10.2. The number of carbonyl (C=O) groups excluding carboxylic acids is 1. The van der Waals surface area contributed by atoms with Crippen LogP contribution in [0.1, 0.15) is 38.7 Å². The monoisotopic (exact) mass is 345 g/mol.